The van der Waals surface area contributed by atoms with Gasteiger partial charge in [-0.25, -0.2) is 19.9 Å². The van der Waals surface area contributed by atoms with Crippen LogP contribution in [0.2, 0.25) is 0 Å². The van der Waals surface area contributed by atoms with Gasteiger partial charge in [-0.2, -0.15) is 0 Å². The number of pyridine rings is 6. The summed E-state index contributed by atoms with van der Waals surface area (Å²) in [6.07, 6.45) is 9.20. The zero-order valence-corrected chi connectivity index (χ0v) is 62.2. The summed E-state index contributed by atoms with van der Waals surface area (Å²) < 4.78 is 43.6. The van der Waals surface area contributed by atoms with Crippen LogP contribution in [0.5, 0.6) is 40.4 Å². The summed E-state index contributed by atoms with van der Waals surface area (Å²) >= 11 is 0. The highest BCUT2D eigenvalue weighted by Crippen LogP contribution is 2.36. The maximum atomic E-state index is 12.8. The van der Waals surface area contributed by atoms with Crippen molar-refractivity contribution < 1.29 is 33.2 Å². The molecular weight excluding hydrogens is 1370 g/mol. The number of anilines is 4. The first kappa shape index (κ1) is 74.2. The fourth-order valence-corrected chi connectivity index (χ4v) is 13.7. The second kappa shape index (κ2) is 34.0. The normalized spacial score (nSPS) is 15.8. The minimum atomic E-state index is -0.122. The molecule has 16 rings (SSSR count). The van der Waals surface area contributed by atoms with Crippen molar-refractivity contribution in [2.75, 3.05) is 161 Å². The largest absolute Gasteiger partial charge is 0.497 e. The Morgan fingerprint density at radius 3 is 1.22 bits per heavy atom. The summed E-state index contributed by atoms with van der Waals surface area (Å²) in [5.74, 6) is 4.44. The van der Waals surface area contributed by atoms with Gasteiger partial charge in [-0.05, 0) is 122 Å². The number of piperazine rings is 4. The molecule has 0 saturated carbocycles. The number of benzene rings is 3. The maximum absolute atomic E-state index is 12.8. The third kappa shape index (κ3) is 16.9. The monoisotopic (exact) mass is 1460 g/mol. The molecule has 4 fully saturated rings. The van der Waals surface area contributed by atoms with Crippen LogP contribution in [0, 0.1) is 0 Å². The molecule has 27 nitrogen and oxygen atoms in total. The molecule has 560 valence electrons. The molecule has 0 amide bonds. The topological polar surface area (TPSA) is 263 Å². The molecule has 9 aromatic heterocycles. The minimum Gasteiger partial charge on any atom is -0.497 e. The molecule has 3 aromatic carbocycles. The van der Waals surface area contributed by atoms with Crippen molar-refractivity contribution in [1.29, 1.82) is 0 Å². The van der Waals surface area contributed by atoms with Gasteiger partial charge in [0.25, 0.3) is 22.2 Å². The van der Waals surface area contributed by atoms with Gasteiger partial charge in [0.15, 0.2) is 11.5 Å². The third-order valence-electron chi connectivity index (χ3n) is 19.5. The van der Waals surface area contributed by atoms with Crippen LogP contribution in [0.15, 0.2) is 196 Å². The molecule has 4 aliphatic heterocycles. The first-order valence-electron chi connectivity index (χ1n) is 35.9. The summed E-state index contributed by atoms with van der Waals surface area (Å²) in [5.41, 5.74) is 12.3. The van der Waals surface area contributed by atoms with E-state index < -0.39 is 0 Å². The van der Waals surface area contributed by atoms with Crippen LogP contribution < -0.4 is 96.3 Å². The molecule has 4 N–H and O–H groups in total. The highest BCUT2D eigenvalue weighted by Gasteiger charge is 2.22. The van der Waals surface area contributed by atoms with E-state index in [0.29, 0.717) is 86.5 Å². The van der Waals surface area contributed by atoms with E-state index in [1.54, 1.807) is 110 Å². The highest BCUT2D eigenvalue weighted by atomic mass is 16.5. The van der Waals surface area contributed by atoms with Crippen molar-refractivity contribution in [2.45, 2.75) is 25.9 Å². The van der Waals surface area contributed by atoms with Crippen LogP contribution in [0.4, 0.5) is 22.7 Å². The number of fused-ring (bicyclic) bond motifs is 4. The van der Waals surface area contributed by atoms with Crippen molar-refractivity contribution in [3.05, 3.63) is 218 Å². The Bertz CT molecular complexity index is 5430. The standard InChI is InChI=1S/C22H25N3O3.C21H24N4O3.C20H22N4O3.C18H19N5O2/c1-15-13-24(9-8-23-15)19-6-5-18-10-17(12-22(26)25(18)14-19)16-4-7-20(27-2)21(11-16)28-3;1-14-12-24(9-8-22-14)15-4-7-20-23-18(11-21(26)25(20)13-15)17-6-5-16(27-2)10-19(17)28-3;1-26-15-4-5-16(18(11-15)27-2)17-12-20(25)24-13-14(3-6-19(24)22-17)23-9-7-21-8-10-23;1-25-17-5-2-13(11-20-17)15-10-18(24)23-12-14(3-4-16(23)21-15)22-8-6-19-7-9-22/h4-7,10-12,14-15,23H,8-9,13H2,1-3H3;4-7,10-11,13-14,22H,8-9,12H2,1-3H3;3-6,11-13,21H,7-10H2,1-2H3;2-5,10-12,19H,6-9H2,1H3/t15-;14-;;/m00../s1. The van der Waals surface area contributed by atoms with Gasteiger partial charge in [0.05, 0.1) is 89.6 Å². The van der Waals surface area contributed by atoms with Gasteiger partial charge in [0.2, 0.25) is 5.88 Å². The second-order valence-corrected chi connectivity index (χ2v) is 26.4. The molecular formula is C81H90N16O11. The molecule has 12 aromatic rings. The number of nitrogens with one attached hydrogen (secondary N) is 4. The van der Waals surface area contributed by atoms with Gasteiger partial charge < -0.3 is 74.0 Å². The van der Waals surface area contributed by atoms with Crippen LogP contribution in [0.3, 0.4) is 0 Å². The zero-order chi connectivity index (χ0) is 75.4. The van der Waals surface area contributed by atoms with Crippen molar-refractivity contribution in [3.8, 4) is 85.3 Å². The SMILES string of the molecule is COc1ccc(-c2cc(=O)n3cc(N4CCNCC4)ccc3n2)c(OC)c1.COc1ccc(-c2cc(=O)n3cc(N4CCNCC4)ccc3n2)cn1.COc1ccc(-c2cc(=O)n3cc(N4CCN[C@@H](C)C4)ccc3c2)cc1OC.COc1ccc(-c2cc(=O)n3cc(N4CCN[C@@H](C)C4)ccc3n2)c(OC)c1. The fourth-order valence-electron chi connectivity index (χ4n) is 13.7. The quantitative estimate of drug-likeness (QED) is 0.0759. The average Bonchev–Trinajstić information content (AvgIpc) is 0.797. The number of rotatable bonds is 15. The van der Waals surface area contributed by atoms with Gasteiger partial charge in [0.1, 0.15) is 39.9 Å². The summed E-state index contributed by atoms with van der Waals surface area (Å²) in [5, 5.41) is 13.5. The van der Waals surface area contributed by atoms with Crippen LogP contribution >= 0.6 is 0 Å². The molecule has 0 aliphatic carbocycles. The van der Waals surface area contributed by atoms with Gasteiger partial charge in [0, 0.05) is 199 Å². The lowest BCUT2D eigenvalue weighted by Crippen LogP contribution is -2.49. The molecule has 0 bridgehead atoms. The maximum Gasteiger partial charge on any atom is 0.258 e. The zero-order valence-electron chi connectivity index (χ0n) is 62.2. The van der Waals surface area contributed by atoms with Gasteiger partial charge in [-0.15, -0.1) is 0 Å². The van der Waals surface area contributed by atoms with E-state index in [4.69, 9.17) is 33.2 Å². The predicted octanol–water partition coefficient (Wildman–Crippen LogP) is 7.92. The molecule has 0 radical (unpaired) electrons. The third-order valence-corrected chi connectivity index (χ3v) is 19.5. The first-order valence-corrected chi connectivity index (χ1v) is 35.9. The van der Waals surface area contributed by atoms with Crippen LogP contribution in [0.25, 0.3) is 67.4 Å². The Labute approximate surface area is 624 Å². The van der Waals surface area contributed by atoms with Crippen molar-refractivity contribution in [2.24, 2.45) is 0 Å². The Balaban J connectivity index is 0.000000127. The smallest absolute Gasteiger partial charge is 0.258 e. The van der Waals surface area contributed by atoms with E-state index in [1.807, 2.05) is 122 Å². The van der Waals surface area contributed by atoms with E-state index >= 15 is 0 Å². The number of hydrogen-bond donors (Lipinski definition) is 4. The van der Waals surface area contributed by atoms with E-state index in [1.165, 1.54) is 6.07 Å². The molecule has 13 heterocycles. The lowest BCUT2D eigenvalue weighted by Gasteiger charge is -2.33. The average molecular weight is 1460 g/mol. The van der Waals surface area contributed by atoms with Gasteiger partial charge in [-0.3, -0.25) is 36.8 Å². The van der Waals surface area contributed by atoms with Gasteiger partial charge in [-0.1, -0.05) is 6.07 Å². The van der Waals surface area contributed by atoms with E-state index in [2.05, 4.69) is 80.7 Å². The lowest BCUT2D eigenvalue weighted by molar-refractivity contribution is 0.355. The van der Waals surface area contributed by atoms with Crippen molar-refractivity contribution in [3.63, 3.8) is 0 Å². The summed E-state index contributed by atoms with van der Waals surface area (Å²) in [4.78, 5) is 78.2. The molecule has 4 aliphatic rings. The van der Waals surface area contributed by atoms with Crippen LogP contribution in [-0.4, -0.2) is 191 Å². The molecule has 0 spiro atoms. The number of hydrogen-bond acceptors (Lipinski definition) is 23. The lowest BCUT2D eigenvalue weighted by atomic mass is 10.1. The van der Waals surface area contributed by atoms with Crippen LogP contribution in [0.1, 0.15) is 13.8 Å². The van der Waals surface area contributed by atoms with Crippen molar-refractivity contribution >= 4 is 45.2 Å². The summed E-state index contributed by atoms with van der Waals surface area (Å²) in [6.45, 7) is 17.4. The molecule has 108 heavy (non-hydrogen) atoms. The molecule has 2 atom stereocenters. The summed E-state index contributed by atoms with van der Waals surface area (Å²) in [6, 6.07) is 45.2. The van der Waals surface area contributed by atoms with E-state index in [9.17, 15) is 19.2 Å². The van der Waals surface area contributed by atoms with Gasteiger partial charge >= 0.3 is 0 Å². The van der Waals surface area contributed by atoms with Crippen molar-refractivity contribution in [1.82, 2.24) is 58.8 Å². The fraction of sp³-hybridized carbons (Fsp3) is 0.309. The Kier molecular flexibility index (Phi) is 23.4. The minimum absolute atomic E-state index is 0.0488. The number of nitrogens with zero attached hydrogens (tertiary/aromatic N) is 12. The Hall–Kier alpha value is -12.0. The predicted molar refractivity (Wildman–Crippen MR) is 423 cm³/mol. The Morgan fingerprint density at radius 1 is 0.352 bits per heavy atom. The summed E-state index contributed by atoms with van der Waals surface area (Å²) in [7, 11) is 11.2. The van der Waals surface area contributed by atoms with Crippen LogP contribution in [-0.2, 0) is 0 Å². The molecule has 0 unspecified atom stereocenters. The van der Waals surface area contributed by atoms with E-state index in [0.717, 1.165) is 148 Å². The number of methoxy groups -OCH3 is 7. The highest BCUT2D eigenvalue weighted by molar-refractivity contribution is 5.74. The molecule has 4 saturated heterocycles. The molecule has 27 heteroatoms. The number of ether oxygens (including phenoxy) is 7. The van der Waals surface area contributed by atoms with E-state index in [-0.39, 0.29) is 22.2 Å². The number of aromatic nitrogens is 8. The Morgan fingerprint density at radius 2 is 0.778 bits per heavy atom. The second-order valence-electron chi connectivity index (χ2n) is 26.4. The first-order chi connectivity index (χ1) is 52.6.